The molecule has 1 aliphatic heterocycles. The second kappa shape index (κ2) is 14.1. The minimum absolute atomic E-state index is 0.0585. The lowest BCUT2D eigenvalue weighted by Crippen LogP contribution is -2.32. The van der Waals surface area contributed by atoms with Gasteiger partial charge in [0.2, 0.25) is 0 Å². The van der Waals surface area contributed by atoms with Gasteiger partial charge in [0, 0.05) is 32.1 Å². The van der Waals surface area contributed by atoms with E-state index in [0.717, 1.165) is 18.8 Å². The Morgan fingerprint density at radius 1 is 1.00 bits per heavy atom. The highest BCUT2D eigenvalue weighted by Gasteiger charge is 2.32. The average molecular weight is 484 g/mol. The summed E-state index contributed by atoms with van der Waals surface area (Å²) < 4.78 is 18.0. The number of aromatic nitrogens is 3. The number of nitrogens with zero attached hydrogens (tertiary/aromatic N) is 5. The van der Waals surface area contributed by atoms with Crippen LogP contribution < -0.4 is 0 Å². The Hall–Kier alpha value is -2.41. The number of hydrogen-bond donors (Lipinski definition) is 0. The third-order valence-corrected chi connectivity index (χ3v) is 4.62. The van der Waals surface area contributed by atoms with Crippen LogP contribution in [-0.4, -0.2) is 96.0 Å². The molecule has 1 fully saturated rings. The van der Waals surface area contributed by atoms with Crippen molar-refractivity contribution < 1.29 is 33.4 Å². The topological polar surface area (TPSA) is 125 Å². The van der Waals surface area contributed by atoms with Gasteiger partial charge in [0.25, 0.3) is 11.8 Å². The lowest BCUT2D eigenvalue weighted by molar-refractivity contribution is -0.198. The molecule has 1 aromatic rings. The summed E-state index contributed by atoms with van der Waals surface area (Å²) in [5.74, 6) is -1.69. The van der Waals surface area contributed by atoms with Crippen molar-refractivity contribution in [2.45, 2.75) is 53.1 Å². The lowest BCUT2D eigenvalue weighted by atomic mass is 9.96. The van der Waals surface area contributed by atoms with Gasteiger partial charge < -0.3 is 19.0 Å². The van der Waals surface area contributed by atoms with E-state index in [2.05, 4.69) is 43.0 Å². The molecule has 0 N–H and O–H groups in total. The standard InChI is InChI=1S/C22H37N5O7/c1-22(2,3)17-25(4)15-18-16-26(24-23-18)8-10-32-12-14-33-13-11-31-9-7-21(30)34-27-19(28)5-6-20(27)29/h16H,5-15,17H2,1-4H3. The molecule has 0 spiro atoms. The van der Waals surface area contributed by atoms with Gasteiger partial charge in [-0.25, -0.2) is 9.48 Å². The first-order valence-electron chi connectivity index (χ1n) is 11.5. The number of carbonyl (C=O) groups excluding carboxylic acids is 3. The van der Waals surface area contributed by atoms with Crippen LogP contribution in [0.5, 0.6) is 0 Å². The Morgan fingerprint density at radius 2 is 1.59 bits per heavy atom. The van der Waals surface area contributed by atoms with Crippen LogP contribution in [-0.2, 0) is 46.5 Å². The van der Waals surface area contributed by atoms with Crippen LogP contribution in [0.3, 0.4) is 0 Å². The fourth-order valence-electron chi connectivity index (χ4n) is 3.32. The molecule has 0 unspecified atom stereocenters. The van der Waals surface area contributed by atoms with Gasteiger partial charge in [-0.05, 0) is 12.5 Å². The van der Waals surface area contributed by atoms with Crippen LogP contribution in [0.1, 0.15) is 45.7 Å². The molecule has 12 nitrogen and oxygen atoms in total. The quantitative estimate of drug-likeness (QED) is 0.246. The number of ether oxygens (including phenoxy) is 3. The highest BCUT2D eigenvalue weighted by atomic mass is 16.7. The van der Waals surface area contributed by atoms with Gasteiger partial charge in [0.1, 0.15) is 0 Å². The minimum Gasteiger partial charge on any atom is -0.378 e. The van der Waals surface area contributed by atoms with E-state index in [4.69, 9.17) is 19.0 Å². The largest absolute Gasteiger partial charge is 0.378 e. The number of hydrogen-bond acceptors (Lipinski definition) is 10. The van der Waals surface area contributed by atoms with Gasteiger partial charge in [-0.15, -0.1) is 10.2 Å². The van der Waals surface area contributed by atoms with Gasteiger partial charge >= 0.3 is 5.97 Å². The van der Waals surface area contributed by atoms with E-state index in [-0.39, 0.29) is 31.3 Å². The van der Waals surface area contributed by atoms with Crippen molar-refractivity contribution in [1.29, 1.82) is 0 Å². The van der Waals surface area contributed by atoms with E-state index in [1.54, 1.807) is 4.68 Å². The van der Waals surface area contributed by atoms with E-state index in [1.165, 1.54) is 0 Å². The smallest absolute Gasteiger partial charge is 0.335 e. The first kappa shape index (κ1) is 27.8. The van der Waals surface area contributed by atoms with Crippen molar-refractivity contribution >= 4 is 17.8 Å². The van der Waals surface area contributed by atoms with Crippen molar-refractivity contribution in [1.82, 2.24) is 25.0 Å². The summed E-state index contributed by atoms with van der Waals surface area (Å²) in [4.78, 5) is 41.3. The fourth-order valence-corrected chi connectivity index (χ4v) is 3.32. The SMILES string of the molecule is CN(Cc1cn(CCOCCOCCOCCC(=O)ON2C(=O)CCC2=O)nn1)CC(C)(C)C. The maximum atomic E-state index is 11.6. The summed E-state index contributed by atoms with van der Waals surface area (Å²) in [6.45, 7) is 11.1. The molecule has 0 bridgehead atoms. The minimum atomic E-state index is -0.686. The van der Waals surface area contributed by atoms with Gasteiger partial charge in [-0.1, -0.05) is 26.0 Å². The van der Waals surface area contributed by atoms with Crippen molar-refractivity contribution in [2.24, 2.45) is 5.41 Å². The van der Waals surface area contributed by atoms with Crippen LogP contribution in [0.2, 0.25) is 0 Å². The van der Waals surface area contributed by atoms with Crippen molar-refractivity contribution in [3.63, 3.8) is 0 Å². The van der Waals surface area contributed by atoms with E-state index < -0.39 is 17.8 Å². The second-order valence-electron chi connectivity index (χ2n) is 9.34. The summed E-state index contributed by atoms with van der Waals surface area (Å²) in [5.41, 5.74) is 1.17. The van der Waals surface area contributed by atoms with Crippen molar-refractivity contribution in [2.75, 3.05) is 53.2 Å². The molecule has 2 heterocycles. The zero-order valence-electron chi connectivity index (χ0n) is 20.7. The molecule has 12 heteroatoms. The van der Waals surface area contributed by atoms with Crippen LogP contribution in [0.4, 0.5) is 0 Å². The Morgan fingerprint density at radius 3 is 2.21 bits per heavy atom. The molecule has 0 aliphatic carbocycles. The van der Waals surface area contributed by atoms with E-state index in [1.807, 2.05) is 6.20 Å². The molecule has 34 heavy (non-hydrogen) atoms. The van der Waals surface area contributed by atoms with Gasteiger partial charge in [-0.3, -0.25) is 14.5 Å². The summed E-state index contributed by atoms with van der Waals surface area (Å²) >= 11 is 0. The molecule has 1 saturated heterocycles. The predicted molar refractivity (Wildman–Crippen MR) is 120 cm³/mol. The monoisotopic (exact) mass is 483 g/mol. The molecule has 192 valence electrons. The molecule has 0 aromatic carbocycles. The second-order valence-corrected chi connectivity index (χ2v) is 9.34. The van der Waals surface area contributed by atoms with Gasteiger partial charge in [0.05, 0.1) is 58.3 Å². The third-order valence-electron chi connectivity index (χ3n) is 4.62. The zero-order chi connectivity index (χ0) is 25.0. The van der Waals surface area contributed by atoms with Crippen molar-refractivity contribution in [3.8, 4) is 0 Å². The Bertz CT molecular complexity index is 777. The molecule has 0 radical (unpaired) electrons. The summed E-state index contributed by atoms with van der Waals surface area (Å²) in [7, 11) is 2.08. The number of imide groups is 1. The van der Waals surface area contributed by atoms with E-state index >= 15 is 0 Å². The normalized spacial score (nSPS) is 14.4. The molecule has 0 atom stereocenters. The van der Waals surface area contributed by atoms with Crippen LogP contribution in [0.15, 0.2) is 6.20 Å². The van der Waals surface area contributed by atoms with Crippen LogP contribution in [0, 0.1) is 5.41 Å². The number of carbonyl (C=O) groups is 3. The highest BCUT2D eigenvalue weighted by Crippen LogP contribution is 2.15. The summed E-state index contributed by atoms with van der Waals surface area (Å²) in [5, 5.41) is 8.87. The van der Waals surface area contributed by atoms with Crippen molar-refractivity contribution in [3.05, 3.63) is 11.9 Å². The summed E-state index contributed by atoms with van der Waals surface area (Å²) in [6, 6.07) is 0. The zero-order valence-corrected chi connectivity index (χ0v) is 20.7. The van der Waals surface area contributed by atoms with E-state index in [0.29, 0.717) is 44.6 Å². The van der Waals surface area contributed by atoms with Gasteiger partial charge in [0.15, 0.2) is 0 Å². The fraction of sp³-hybridized carbons (Fsp3) is 0.773. The lowest BCUT2D eigenvalue weighted by Gasteiger charge is -2.25. The Labute approximate surface area is 200 Å². The highest BCUT2D eigenvalue weighted by molar-refractivity contribution is 6.01. The predicted octanol–water partition coefficient (Wildman–Crippen LogP) is 0.803. The summed E-state index contributed by atoms with van der Waals surface area (Å²) in [6.07, 6.45) is 2.02. The first-order valence-corrected chi connectivity index (χ1v) is 11.5. The third kappa shape index (κ3) is 11.1. The molecule has 2 rings (SSSR count). The molecule has 1 aliphatic rings. The first-order chi connectivity index (χ1) is 16.1. The Kier molecular flexibility index (Phi) is 11.5. The molecule has 1 aromatic heterocycles. The number of hydroxylamine groups is 2. The van der Waals surface area contributed by atoms with Crippen LogP contribution in [0.25, 0.3) is 0 Å². The molecule has 2 amide bonds. The number of rotatable bonds is 16. The van der Waals surface area contributed by atoms with Gasteiger partial charge in [-0.2, -0.15) is 0 Å². The molecular weight excluding hydrogens is 446 g/mol. The maximum absolute atomic E-state index is 11.6. The molecule has 0 saturated carbocycles. The Balaban J connectivity index is 1.41. The van der Waals surface area contributed by atoms with Crippen LogP contribution >= 0.6 is 0 Å². The molecular formula is C22H37N5O7. The average Bonchev–Trinajstić information content (AvgIpc) is 3.31. The number of amides is 2. The van der Waals surface area contributed by atoms with E-state index in [9.17, 15) is 14.4 Å². The maximum Gasteiger partial charge on any atom is 0.335 e.